The van der Waals surface area contributed by atoms with E-state index in [9.17, 15) is 14.0 Å². The predicted molar refractivity (Wildman–Crippen MR) is 123 cm³/mol. The van der Waals surface area contributed by atoms with Gasteiger partial charge in [-0.25, -0.2) is 8.78 Å². The largest absolute Gasteiger partial charge is 0.348 e. The van der Waals surface area contributed by atoms with Crippen LogP contribution < -0.4 is 10.6 Å². The summed E-state index contributed by atoms with van der Waals surface area (Å²) in [6, 6.07) is 6.38. The van der Waals surface area contributed by atoms with Gasteiger partial charge < -0.3 is 10.6 Å². The summed E-state index contributed by atoms with van der Waals surface area (Å²) in [5.74, 6) is -3.67. The third-order valence-corrected chi connectivity index (χ3v) is 7.54. The number of halogens is 4. The first-order valence-corrected chi connectivity index (χ1v) is 11.4. The molecule has 1 saturated heterocycles. The van der Waals surface area contributed by atoms with Gasteiger partial charge in [-0.1, -0.05) is 47.5 Å². The maximum atomic E-state index is 15.3. The molecular formula is C25H20Cl2F2N2O2. The fraction of sp³-hybridized carbons (Fsp3) is 0.280. The van der Waals surface area contributed by atoms with E-state index in [1.54, 1.807) is 37.3 Å². The molecule has 170 valence electrons. The fourth-order valence-corrected chi connectivity index (χ4v) is 6.06. The van der Waals surface area contributed by atoms with Crippen LogP contribution in [-0.2, 0) is 15.0 Å². The van der Waals surface area contributed by atoms with Gasteiger partial charge in [-0.15, -0.1) is 0 Å². The summed E-state index contributed by atoms with van der Waals surface area (Å²) in [5.41, 5.74) is 0.0964. The molecule has 3 aliphatic rings. The van der Waals surface area contributed by atoms with Crippen molar-refractivity contribution in [1.29, 1.82) is 0 Å². The van der Waals surface area contributed by atoms with Crippen LogP contribution in [0.25, 0.3) is 0 Å². The van der Waals surface area contributed by atoms with E-state index in [-0.39, 0.29) is 23.8 Å². The molecule has 0 radical (unpaired) electrons. The topological polar surface area (TPSA) is 58.2 Å². The Kier molecular flexibility index (Phi) is 5.33. The van der Waals surface area contributed by atoms with Crippen molar-refractivity contribution in [3.8, 4) is 0 Å². The zero-order chi connectivity index (χ0) is 23.5. The van der Waals surface area contributed by atoms with Crippen molar-refractivity contribution in [2.75, 3.05) is 5.32 Å². The molecular weight excluding hydrogens is 469 g/mol. The highest BCUT2D eigenvalue weighted by molar-refractivity contribution is 6.31. The Balaban J connectivity index is 1.80. The fourth-order valence-electron chi connectivity index (χ4n) is 5.64. The average Bonchev–Trinajstić information content (AvgIpc) is 3.04. The molecule has 5 rings (SSSR count). The van der Waals surface area contributed by atoms with E-state index < -0.39 is 34.9 Å². The van der Waals surface area contributed by atoms with E-state index in [0.717, 1.165) is 6.07 Å². The summed E-state index contributed by atoms with van der Waals surface area (Å²) >= 11 is 12.5. The SMILES string of the molecule is Cc1ccc(F)c(F)c1[C@@H]1NC(=O)C[C@@H](C2C=CC=C(Cl)C2)[C@]12C(=O)Nc1cc(Cl)ccc12. The molecule has 0 saturated carbocycles. The first-order chi connectivity index (χ1) is 15.7. The van der Waals surface area contributed by atoms with Gasteiger partial charge in [0, 0.05) is 27.7 Å². The van der Waals surface area contributed by atoms with Gasteiger partial charge in [-0.2, -0.15) is 0 Å². The van der Waals surface area contributed by atoms with Gasteiger partial charge in [-0.3, -0.25) is 9.59 Å². The van der Waals surface area contributed by atoms with Gasteiger partial charge in [0.1, 0.15) is 5.41 Å². The third kappa shape index (κ3) is 3.30. The Bertz CT molecular complexity index is 1260. The van der Waals surface area contributed by atoms with Crippen molar-refractivity contribution in [2.45, 2.75) is 31.2 Å². The second-order valence-corrected chi connectivity index (χ2v) is 9.70. The minimum absolute atomic E-state index is 0.0289. The number of aryl methyl sites for hydroxylation is 1. The lowest BCUT2D eigenvalue weighted by Gasteiger charge is -2.49. The molecule has 1 spiro atoms. The van der Waals surface area contributed by atoms with Gasteiger partial charge in [0.25, 0.3) is 0 Å². The molecule has 1 unspecified atom stereocenters. The minimum atomic E-state index is -1.39. The summed E-state index contributed by atoms with van der Waals surface area (Å²) in [7, 11) is 0. The Labute approximate surface area is 199 Å². The molecule has 2 aromatic rings. The number of piperidine rings is 1. The summed E-state index contributed by atoms with van der Waals surface area (Å²) in [4.78, 5) is 26.8. The number of carbonyl (C=O) groups is 2. The Hall–Kier alpha value is -2.70. The van der Waals surface area contributed by atoms with Crippen molar-refractivity contribution >= 4 is 40.7 Å². The molecule has 0 bridgehead atoms. The number of allylic oxidation sites excluding steroid dienone is 4. The molecule has 4 nitrogen and oxygen atoms in total. The molecule has 4 atom stereocenters. The molecule has 33 heavy (non-hydrogen) atoms. The van der Waals surface area contributed by atoms with Crippen LogP contribution in [0.15, 0.2) is 53.6 Å². The summed E-state index contributed by atoms with van der Waals surface area (Å²) in [5, 5.41) is 6.74. The highest BCUT2D eigenvalue weighted by Crippen LogP contribution is 2.58. The Morgan fingerprint density at radius 1 is 1.09 bits per heavy atom. The second kappa shape index (κ2) is 7.96. The van der Waals surface area contributed by atoms with E-state index in [4.69, 9.17) is 23.2 Å². The summed E-state index contributed by atoms with van der Waals surface area (Å²) in [6.07, 6.45) is 5.95. The van der Waals surface area contributed by atoms with Crippen LogP contribution in [0.2, 0.25) is 5.02 Å². The van der Waals surface area contributed by atoms with Gasteiger partial charge in [0.2, 0.25) is 11.8 Å². The quantitative estimate of drug-likeness (QED) is 0.570. The maximum Gasteiger partial charge on any atom is 0.237 e. The van der Waals surface area contributed by atoms with Crippen LogP contribution >= 0.6 is 23.2 Å². The van der Waals surface area contributed by atoms with Crippen molar-refractivity contribution < 1.29 is 18.4 Å². The first-order valence-electron chi connectivity index (χ1n) is 10.6. The zero-order valence-corrected chi connectivity index (χ0v) is 19.1. The molecule has 1 fully saturated rings. The van der Waals surface area contributed by atoms with Crippen LogP contribution in [-0.4, -0.2) is 11.8 Å². The van der Waals surface area contributed by atoms with Gasteiger partial charge >= 0.3 is 0 Å². The molecule has 1 aliphatic carbocycles. The highest BCUT2D eigenvalue weighted by atomic mass is 35.5. The van der Waals surface area contributed by atoms with Crippen LogP contribution in [0.4, 0.5) is 14.5 Å². The highest BCUT2D eigenvalue weighted by Gasteiger charge is 2.62. The third-order valence-electron chi connectivity index (χ3n) is 7.02. The number of rotatable bonds is 2. The molecule has 2 aromatic carbocycles. The van der Waals surface area contributed by atoms with Crippen molar-refractivity contribution in [2.24, 2.45) is 11.8 Å². The van der Waals surface area contributed by atoms with E-state index in [0.29, 0.717) is 33.3 Å². The number of hydrogen-bond donors (Lipinski definition) is 2. The predicted octanol–water partition coefficient (Wildman–Crippen LogP) is 5.69. The molecule has 2 aliphatic heterocycles. The van der Waals surface area contributed by atoms with Gasteiger partial charge in [0.05, 0.1) is 6.04 Å². The smallest absolute Gasteiger partial charge is 0.237 e. The number of benzene rings is 2. The second-order valence-electron chi connectivity index (χ2n) is 8.78. The van der Waals surface area contributed by atoms with Gasteiger partial charge in [-0.05, 0) is 60.6 Å². The zero-order valence-electron chi connectivity index (χ0n) is 17.6. The maximum absolute atomic E-state index is 15.3. The normalized spacial score (nSPS) is 28.4. The molecule has 8 heteroatoms. The van der Waals surface area contributed by atoms with Crippen molar-refractivity contribution in [1.82, 2.24) is 5.32 Å². The number of nitrogens with one attached hydrogen (secondary N) is 2. The summed E-state index contributed by atoms with van der Waals surface area (Å²) in [6.45, 7) is 1.64. The number of amides is 2. The lowest BCUT2D eigenvalue weighted by atomic mass is 9.56. The first kappa shape index (κ1) is 22.1. The average molecular weight is 489 g/mol. The standard InChI is InChI=1S/C25H20Cl2F2N2O2/c1-12-5-8-18(28)22(29)21(12)23-25(16-7-6-15(27)10-19(16)30-24(25)33)17(11-20(32)31-23)13-3-2-4-14(26)9-13/h2-8,10,13,17,23H,9,11H2,1H3,(H,30,33)(H,31,32)/t13?,17-,23-,25-/m0/s1. The molecule has 0 aromatic heterocycles. The van der Waals surface area contributed by atoms with E-state index in [2.05, 4.69) is 10.6 Å². The van der Waals surface area contributed by atoms with Crippen LogP contribution in [0.5, 0.6) is 0 Å². The lowest BCUT2D eigenvalue weighted by molar-refractivity contribution is -0.135. The van der Waals surface area contributed by atoms with E-state index in [1.807, 2.05) is 6.08 Å². The summed E-state index contributed by atoms with van der Waals surface area (Å²) < 4.78 is 29.7. The molecule has 2 heterocycles. The van der Waals surface area contributed by atoms with E-state index in [1.165, 1.54) is 6.07 Å². The molecule has 2 amide bonds. The number of fused-ring (bicyclic) bond motifs is 2. The number of carbonyl (C=O) groups excluding carboxylic acids is 2. The lowest BCUT2D eigenvalue weighted by Crippen LogP contribution is -2.59. The van der Waals surface area contributed by atoms with Crippen LogP contribution in [0, 0.1) is 30.4 Å². The monoisotopic (exact) mass is 488 g/mol. The van der Waals surface area contributed by atoms with Crippen LogP contribution in [0.1, 0.15) is 35.6 Å². The number of anilines is 1. The van der Waals surface area contributed by atoms with Crippen molar-refractivity contribution in [3.63, 3.8) is 0 Å². The van der Waals surface area contributed by atoms with Crippen LogP contribution in [0.3, 0.4) is 0 Å². The Morgan fingerprint density at radius 2 is 1.88 bits per heavy atom. The van der Waals surface area contributed by atoms with Crippen molar-refractivity contribution in [3.05, 3.63) is 86.9 Å². The van der Waals surface area contributed by atoms with Gasteiger partial charge in [0.15, 0.2) is 11.6 Å². The van der Waals surface area contributed by atoms with E-state index >= 15 is 4.39 Å². The number of hydrogen-bond acceptors (Lipinski definition) is 2. The molecule has 2 N–H and O–H groups in total. The minimum Gasteiger partial charge on any atom is -0.348 e. The Morgan fingerprint density at radius 3 is 2.64 bits per heavy atom.